The quantitative estimate of drug-likeness (QED) is 0.150. The lowest BCUT2D eigenvalue weighted by atomic mass is 10.0. The van der Waals surface area contributed by atoms with Crippen LogP contribution in [0, 0.1) is 24.0 Å². The first-order chi connectivity index (χ1) is 19.1. The molecule has 0 spiro atoms. The van der Waals surface area contributed by atoms with Crippen LogP contribution in [0.5, 0.6) is 5.75 Å². The summed E-state index contributed by atoms with van der Waals surface area (Å²) in [5.41, 5.74) is 0.963. The first-order valence-corrected chi connectivity index (χ1v) is 14.6. The minimum atomic E-state index is -1.20. The summed E-state index contributed by atoms with van der Waals surface area (Å²) in [6, 6.07) is 6.44. The molecule has 2 amide bonds. The number of nitro benzene ring substituents is 1. The predicted molar refractivity (Wildman–Crippen MR) is 145 cm³/mol. The minimum Gasteiger partial charge on any atom is -0.486 e. The fourth-order valence-electron chi connectivity index (χ4n) is 4.15. The molecule has 0 saturated carbocycles. The number of carboxylic acid groups (broad SMARTS) is 1. The summed E-state index contributed by atoms with van der Waals surface area (Å²) in [5, 5.41) is 31.7. The molecule has 2 aromatic heterocycles. The molecule has 0 aliphatic carbocycles. The molecule has 2 N–H and O–H groups in total. The van der Waals surface area contributed by atoms with E-state index in [1.54, 1.807) is 13.0 Å². The second-order valence-electron chi connectivity index (χ2n) is 8.75. The van der Waals surface area contributed by atoms with Gasteiger partial charge in [0.25, 0.3) is 17.5 Å². The zero-order valence-corrected chi connectivity index (χ0v) is 23.4. The van der Waals surface area contributed by atoms with E-state index in [2.05, 4.69) is 15.5 Å². The Labute approximate surface area is 239 Å². The summed E-state index contributed by atoms with van der Waals surface area (Å²) in [5.74, 6) is -0.899. The van der Waals surface area contributed by atoms with Gasteiger partial charge in [-0.3, -0.25) is 24.6 Å². The van der Waals surface area contributed by atoms with E-state index in [4.69, 9.17) is 9.15 Å². The number of hydrogen-bond acceptors (Lipinski definition) is 12. The second kappa shape index (κ2) is 11.3. The van der Waals surface area contributed by atoms with Crippen molar-refractivity contribution in [2.75, 3.05) is 11.5 Å². The third-order valence-electron chi connectivity index (χ3n) is 6.05. The van der Waals surface area contributed by atoms with Crippen LogP contribution in [0.3, 0.4) is 0 Å². The number of ether oxygens (including phenoxy) is 1. The number of aliphatic carboxylic acids is 1. The number of hydrogen-bond donors (Lipinski definition) is 2. The molecule has 40 heavy (non-hydrogen) atoms. The van der Waals surface area contributed by atoms with E-state index in [1.807, 2.05) is 6.92 Å². The van der Waals surface area contributed by atoms with Crippen LogP contribution in [0.4, 0.5) is 5.69 Å². The van der Waals surface area contributed by atoms with Crippen molar-refractivity contribution in [1.82, 2.24) is 20.4 Å². The monoisotopic (exact) mass is 603 g/mol. The number of nitrogens with zero attached hydrogens (tertiary/aromatic N) is 4. The number of nitrogens with one attached hydrogen (secondary N) is 1. The number of benzene rings is 1. The molecule has 1 saturated heterocycles. The lowest BCUT2D eigenvalue weighted by molar-refractivity contribution is -0.385. The molecule has 208 valence electrons. The van der Waals surface area contributed by atoms with E-state index in [-0.39, 0.29) is 23.8 Å². The van der Waals surface area contributed by atoms with Gasteiger partial charge in [0.05, 0.1) is 4.92 Å². The van der Waals surface area contributed by atoms with Crippen molar-refractivity contribution in [1.29, 1.82) is 0 Å². The van der Waals surface area contributed by atoms with Crippen molar-refractivity contribution in [3.05, 3.63) is 73.8 Å². The van der Waals surface area contributed by atoms with Gasteiger partial charge in [0.1, 0.15) is 40.2 Å². The number of aromatic nitrogens is 2. The maximum Gasteiger partial charge on any atom is 0.352 e. The number of rotatable bonds is 10. The standard InChI is InChI=1S/C24H21N5O8S3/c1-11-7-14(3-5-16(11)29(34)35)36-8-15-4-6-17(37-15)20(30)25-18-21(31)28-19(23(32)33)13(9-38-22(18)28)10-39-24-27-26-12(2)40-24/h3-7,18,22H,8-10H2,1-2H3,(H,25,30)(H,32,33)/t18-,22+/m0/s1. The number of amides is 2. The Morgan fingerprint density at radius 2 is 2.10 bits per heavy atom. The van der Waals surface area contributed by atoms with E-state index < -0.39 is 34.1 Å². The van der Waals surface area contributed by atoms with E-state index in [0.29, 0.717) is 38.5 Å². The van der Waals surface area contributed by atoms with Crippen LogP contribution < -0.4 is 10.1 Å². The van der Waals surface area contributed by atoms with Gasteiger partial charge < -0.3 is 19.6 Å². The van der Waals surface area contributed by atoms with Crippen molar-refractivity contribution in [3.63, 3.8) is 0 Å². The number of nitro groups is 1. The number of β-lactam (4-membered cyclic amide) rings is 1. The third kappa shape index (κ3) is 5.55. The van der Waals surface area contributed by atoms with Gasteiger partial charge in [-0.05, 0) is 43.7 Å². The van der Waals surface area contributed by atoms with Crippen molar-refractivity contribution in [3.8, 4) is 5.75 Å². The van der Waals surface area contributed by atoms with Gasteiger partial charge in [-0.2, -0.15) is 0 Å². The average Bonchev–Trinajstić information content (AvgIpc) is 3.57. The normalized spacial score (nSPS) is 18.2. The van der Waals surface area contributed by atoms with Crippen molar-refractivity contribution >= 4 is 58.3 Å². The van der Waals surface area contributed by atoms with Gasteiger partial charge in [0.2, 0.25) is 0 Å². The molecule has 16 heteroatoms. The van der Waals surface area contributed by atoms with Crippen LogP contribution in [0.25, 0.3) is 0 Å². The lowest BCUT2D eigenvalue weighted by Crippen LogP contribution is -2.70. The molecule has 0 radical (unpaired) electrons. The zero-order valence-electron chi connectivity index (χ0n) is 21.0. The number of fused-ring (bicyclic) bond motifs is 1. The van der Waals surface area contributed by atoms with Crippen LogP contribution in [0.1, 0.15) is 26.9 Å². The summed E-state index contributed by atoms with van der Waals surface area (Å²) in [6.45, 7) is 3.41. The Morgan fingerprint density at radius 3 is 2.77 bits per heavy atom. The minimum absolute atomic E-state index is 0.0195. The summed E-state index contributed by atoms with van der Waals surface area (Å²) in [6.07, 6.45) is 0. The Balaban J connectivity index is 1.19. The van der Waals surface area contributed by atoms with Crippen molar-refractivity contribution < 1.29 is 33.6 Å². The fourth-order valence-corrected chi connectivity index (χ4v) is 7.45. The third-order valence-corrected chi connectivity index (χ3v) is 9.44. The lowest BCUT2D eigenvalue weighted by Gasteiger charge is -2.49. The molecular weight excluding hydrogens is 582 g/mol. The van der Waals surface area contributed by atoms with Gasteiger partial charge in [0.15, 0.2) is 10.1 Å². The molecule has 0 unspecified atom stereocenters. The molecule has 3 aromatic rings. The fraction of sp³-hybridized carbons (Fsp3) is 0.292. The van der Waals surface area contributed by atoms with Crippen LogP contribution in [0.2, 0.25) is 0 Å². The SMILES string of the molecule is Cc1nnc(SCC2=C(C(=O)O)N3C(=O)[C@H](NC(=O)c4ccc(COc5ccc([N+](=O)[O-])c(C)c5)o4)[C@H]3SC2)s1. The highest BCUT2D eigenvalue weighted by Crippen LogP contribution is 2.42. The number of aryl methyl sites for hydroxylation is 2. The average molecular weight is 604 g/mol. The van der Waals surface area contributed by atoms with Gasteiger partial charge in [-0.25, -0.2) is 4.79 Å². The number of carbonyl (C=O) groups excluding carboxylic acids is 2. The molecule has 5 rings (SSSR count). The van der Waals surface area contributed by atoms with E-state index >= 15 is 0 Å². The first kappa shape index (κ1) is 27.7. The van der Waals surface area contributed by atoms with Gasteiger partial charge >= 0.3 is 5.97 Å². The molecule has 2 aliphatic rings. The largest absolute Gasteiger partial charge is 0.486 e. The van der Waals surface area contributed by atoms with Gasteiger partial charge in [-0.1, -0.05) is 23.1 Å². The summed E-state index contributed by atoms with van der Waals surface area (Å²) >= 11 is 4.15. The Hall–Kier alpha value is -3.89. The smallest absolute Gasteiger partial charge is 0.352 e. The van der Waals surface area contributed by atoms with Crippen LogP contribution in [-0.4, -0.2) is 65.8 Å². The Bertz CT molecular complexity index is 1550. The van der Waals surface area contributed by atoms with E-state index in [9.17, 15) is 29.6 Å². The van der Waals surface area contributed by atoms with Gasteiger partial charge in [0, 0.05) is 23.1 Å². The van der Waals surface area contributed by atoms with E-state index in [1.165, 1.54) is 64.0 Å². The Kier molecular flexibility index (Phi) is 7.82. The highest BCUT2D eigenvalue weighted by molar-refractivity contribution is 8.01. The van der Waals surface area contributed by atoms with Crippen LogP contribution >= 0.6 is 34.9 Å². The first-order valence-electron chi connectivity index (χ1n) is 11.7. The summed E-state index contributed by atoms with van der Waals surface area (Å²) in [4.78, 5) is 49.5. The van der Waals surface area contributed by atoms with Crippen molar-refractivity contribution in [2.45, 2.75) is 36.2 Å². The van der Waals surface area contributed by atoms with Crippen molar-refractivity contribution in [2.24, 2.45) is 0 Å². The van der Waals surface area contributed by atoms with E-state index in [0.717, 1.165) is 5.01 Å². The Morgan fingerprint density at radius 1 is 1.30 bits per heavy atom. The number of carbonyl (C=O) groups is 3. The molecule has 4 heterocycles. The predicted octanol–water partition coefficient (Wildman–Crippen LogP) is 3.38. The molecule has 2 aliphatic heterocycles. The molecule has 2 atom stereocenters. The molecular formula is C24H21N5O8S3. The maximum atomic E-state index is 12.9. The van der Waals surface area contributed by atoms with Gasteiger partial charge in [-0.15, -0.1) is 22.0 Å². The number of carboxylic acids is 1. The molecule has 13 nitrogen and oxygen atoms in total. The number of thioether (sulfide) groups is 2. The molecule has 1 aromatic carbocycles. The summed E-state index contributed by atoms with van der Waals surface area (Å²) < 4.78 is 11.9. The molecule has 1 fully saturated rings. The topological polar surface area (TPSA) is 178 Å². The second-order valence-corrected chi connectivity index (χ2v) is 12.3. The molecule has 0 bridgehead atoms. The maximum absolute atomic E-state index is 12.9. The number of furan rings is 1. The highest BCUT2D eigenvalue weighted by Gasteiger charge is 2.54. The highest BCUT2D eigenvalue weighted by atomic mass is 32.2. The summed E-state index contributed by atoms with van der Waals surface area (Å²) in [7, 11) is 0. The van der Waals surface area contributed by atoms with Crippen LogP contribution in [-0.2, 0) is 16.2 Å². The zero-order chi connectivity index (χ0) is 28.6. The van der Waals surface area contributed by atoms with Crippen LogP contribution in [0.15, 0.2) is 50.4 Å².